The van der Waals surface area contributed by atoms with E-state index >= 15 is 0 Å². The van der Waals surface area contributed by atoms with Gasteiger partial charge in [0.25, 0.3) is 0 Å². The lowest BCUT2D eigenvalue weighted by Crippen LogP contribution is -2.09. The van der Waals surface area contributed by atoms with Crippen molar-refractivity contribution >= 4 is 28.7 Å². The SMILES string of the molecule is O=C(O)Oc1cc2cc(Cl)ccc2n1Cc1ccncc1. The number of carbonyl (C=O) groups is 1. The number of fused-ring (bicyclic) bond motifs is 1. The summed E-state index contributed by atoms with van der Waals surface area (Å²) in [4.78, 5) is 14.8. The van der Waals surface area contributed by atoms with E-state index in [0.29, 0.717) is 11.6 Å². The molecule has 0 radical (unpaired) electrons. The number of hydrogen-bond donors (Lipinski definition) is 1. The molecule has 2 heterocycles. The van der Waals surface area contributed by atoms with Crippen LogP contribution in [-0.4, -0.2) is 20.8 Å². The van der Waals surface area contributed by atoms with Crippen LogP contribution in [0.2, 0.25) is 5.02 Å². The summed E-state index contributed by atoms with van der Waals surface area (Å²) in [6.45, 7) is 0.482. The molecule has 0 aliphatic carbocycles. The van der Waals surface area contributed by atoms with E-state index in [-0.39, 0.29) is 5.88 Å². The lowest BCUT2D eigenvalue weighted by atomic mass is 10.2. The van der Waals surface area contributed by atoms with Crippen molar-refractivity contribution in [3.05, 3.63) is 59.4 Å². The summed E-state index contributed by atoms with van der Waals surface area (Å²) >= 11 is 5.97. The number of halogens is 1. The van der Waals surface area contributed by atoms with E-state index in [1.807, 2.05) is 18.2 Å². The molecule has 0 bridgehead atoms. The van der Waals surface area contributed by atoms with Crippen LogP contribution in [0.5, 0.6) is 5.88 Å². The monoisotopic (exact) mass is 302 g/mol. The molecular formula is C15H11ClN2O3. The van der Waals surface area contributed by atoms with Crippen molar-refractivity contribution in [3.8, 4) is 5.88 Å². The molecular weight excluding hydrogens is 292 g/mol. The zero-order valence-corrected chi connectivity index (χ0v) is 11.6. The van der Waals surface area contributed by atoms with Gasteiger partial charge in [-0.25, -0.2) is 4.79 Å². The molecule has 0 atom stereocenters. The second-order valence-corrected chi connectivity index (χ2v) is 4.93. The summed E-state index contributed by atoms with van der Waals surface area (Å²) in [5.41, 5.74) is 1.85. The fourth-order valence-corrected chi connectivity index (χ4v) is 2.40. The second-order valence-electron chi connectivity index (χ2n) is 4.50. The van der Waals surface area contributed by atoms with Gasteiger partial charge in [-0.1, -0.05) is 11.6 Å². The molecule has 1 aromatic carbocycles. The summed E-state index contributed by atoms with van der Waals surface area (Å²) in [7, 11) is 0. The van der Waals surface area contributed by atoms with E-state index in [0.717, 1.165) is 16.5 Å². The number of aromatic nitrogens is 2. The van der Waals surface area contributed by atoms with Gasteiger partial charge in [-0.3, -0.25) is 4.98 Å². The molecule has 1 N–H and O–H groups in total. The van der Waals surface area contributed by atoms with E-state index in [1.54, 1.807) is 35.2 Å². The number of pyridine rings is 1. The molecule has 3 rings (SSSR count). The first-order valence-electron chi connectivity index (χ1n) is 6.22. The lowest BCUT2D eigenvalue weighted by Gasteiger charge is -2.09. The van der Waals surface area contributed by atoms with Gasteiger partial charge in [0.1, 0.15) is 0 Å². The van der Waals surface area contributed by atoms with E-state index in [1.165, 1.54) is 0 Å². The minimum Gasteiger partial charge on any atom is -0.449 e. The molecule has 0 saturated carbocycles. The summed E-state index contributed by atoms with van der Waals surface area (Å²) in [6, 6.07) is 10.8. The van der Waals surface area contributed by atoms with Crippen LogP contribution >= 0.6 is 11.6 Å². The molecule has 5 nitrogen and oxygen atoms in total. The minimum atomic E-state index is -1.35. The first-order valence-corrected chi connectivity index (χ1v) is 6.60. The number of hydrogen-bond acceptors (Lipinski definition) is 3. The van der Waals surface area contributed by atoms with Gasteiger partial charge in [0.05, 0.1) is 12.1 Å². The van der Waals surface area contributed by atoms with Gasteiger partial charge in [-0.05, 0) is 35.9 Å². The van der Waals surface area contributed by atoms with Gasteiger partial charge >= 0.3 is 6.16 Å². The summed E-state index contributed by atoms with van der Waals surface area (Å²) in [5.74, 6) is 0.261. The Morgan fingerprint density at radius 1 is 1.24 bits per heavy atom. The first kappa shape index (κ1) is 13.5. The number of rotatable bonds is 3. The maximum Gasteiger partial charge on any atom is 0.512 e. The Bertz CT molecular complexity index is 799. The predicted molar refractivity (Wildman–Crippen MR) is 78.9 cm³/mol. The van der Waals surface area contributed by atoms with Crippen molar-refractivity contribution in [2.75, 3.05) is 0 Å². The van der Waals surface area contributed by atoms with Crippen molar-refractivity contribution in [1.82, 2.24) is 9.55 Å². The van der Waals surface area contributed by atoms with Crippen LogP contribution in [0.25, 0.3) is 10.9 Å². The van der Waals surface area contributed by atoms with Crippen molar-refractivity contribution in [1.29, 1.82) is 0 Å². The van der Waals surface area contributed by atoms with Crippen LogP contribution in [0.4, 0.5) is 4.79 Å². The average molecular weight is 303 g/mol. The van der Waals surface area contributed by atoms with E-state index in [4.69, 9.17) is 21.4 Å². The molecule has 6 heteroatoms. The van der Waals surface area contributed by atoms with E-state index in [9.17, 15) is 4.79 Å². The van der Waals surface area contributed by atoms with Crippen molar-refractivity contribution in [3.63, 3.8) is 0 Å². The van der Waals surface area contributed by atoms with Crippen LogP contribution in [0.3, 0.4) is 0 Å². The van der Waals surface area contributed by atoms with Crippen LogP contribution in [0.1, 0.15) is 5.56 Å². The van der Waals surface area contributed by atoms with Crippen molar-refractivity contribution in [2.45, 2.75) is 6.54 Å². The third kappa shape index (κ3) is 2.83. The quantitative estimate of drug-likeness (QED) is 0.748. The highest BCUT2D eigenvalue weighted by Crippen LogP contribution is 2.29. The predicted octanol–water partition coefficient (Wildman–Crippen LogP) is 3.79. The molecule has 21 heavy (non-hydrogen) atoms. The second kappa shape index (κ2) is 5.46. The highest BCUT2D eigenvalue weighted by Gasteiger charge is 2.13. The maximum absolute atomic E-state index is 10.8. The molecule has 0 fully saturated rings. The fourth-order valence-electron chi connectivity index (χ4n) is 2.22. The minimum absolute atomic E-state index is 0.261. The average Bonchev–Trinajstić information content (AvgIpc) is 2.76. The Morgan fingerprint density at radius 3 is 2.71 bits per heavy atom. The zero-order valence-electron chi connectivity index (χ0n) is 10.9. The highest BCUT2D eigenvalue weighted by atomic mass is 35.5. The van der Waals surface area contributed by atoms with Crippen molar-refractivity contribution in [2.24, 2.45) is 0 Å². The van der Waals surface area contributed by atoms with Crippen molar-refractivity contribution < 1.29 is 14.6 Å². The standard InChI is InChI=1S/C15H11ClN2O3/c16-12-1-2-13-11(7-12)8-14(21-15(19)20)18(13)9-10-3-5-17-6-4-10/h1-8H,9H2,(H,19,20). The first-order chi connectivity index (χ1) is 10.1. The molecule has 2 aromatic heterocycles. The summed E-state index contributed by atoms with van der Waals surface area (Å²) < 4.78 is 6.65. The Balaban J connectivity index is 2.10. The maximum atomic E-state index is 10.8. The van der Waals surface area contributed by atoms with Crippen LogP contribution < -0.4 is 4.74 Å². The number of ether oxygens (including phenoxy) is 1. The summed E-state index contributed by atoms with van der Waals surface area (Å²) in [6.07, 6.45) is 2.03. The third-order valence-corrected chi connectivity index (χ3v) is 3.34. The van der Waals surface area contributed by atoms with Gasteiger partial charge in [0.15, 0.2) is 0 Å². The van der Waals surface area contributed by atoms with Gasteiger partial charge < -0.3 is 14.4 Å². The Hall–Kier alpha value is -2.53. The molecule has 106 valence electrons. The number of benzene rings is 1. The molecule has 3 aromatic rings. The number of carboxylic acid groups (broad SMARTS) is 1. The highest BCUT2D eigenvalue weighted by molar-refractivity contribution is 6.31. The molecule has 0 amide bonds. The molecule has 0 unspecified atom stereocenters. The molecule has 0 saturated heterocycles. The van der Waals surface area contributed by atoms with Gasteiger partial charge in [-0.15, -0.1) is 0 Å². The number of nitrogens with zero attached hydrogens (tertiary/aromatic N) is 2. The Kier molecular flexibility index (Phi) is 3.50. The third-order valence-electron chi connectivity index (χ3n) is 3.11. The molecule has 0 aliphatic rings. The Labute approximate surface area is 125 Å². The smallest absolute Gasteiger partial charge is 0.449 e. The summed E-state index contributed by atoms with van der Waals surface area (Å²) in [5, 5.41) is 10.3. The fraction of sp³-hybridized carbons (Fsp3) is 0.0667. The van der Waals surface area contributed by atoms with E-state index < -0.39 is 6.16 Å². The zero-order chi connectivity index (χ0) is 14.8. The van der Waals surface area contributed by atoms with E-state index in [2.05, 4.69) is 4.98 Å². The van der Waals surface area contributed by atoms with Crippen LogP contribution in [0, 0.1) is 0 Å². The molecule has 0 aliphatic heterocycles. The van der Waals surface area contributed by atoms with Gasteiger partial charge in [-0.2, -0.15) is 0 Å². The van der Waals surface area contributed by atoms with Gasteiger partial charge in [0.2, 0.25) is 5.88 Å². The van der Waals surface area contributed by atoms with Crippen LogP contribution in [-0.2, 0) is 6.54 Å². The Morgan fingerprint density at radius 2 is 2.00 bits per heavy atom. The molecule has 0 spiro atoms. The van der Waals surface area contributed by atoms with Crippen LogP contribution in [0.15, 0.2) is 48.8 Å². The van der Waals surface area contributed by atoms with Gasteiger partial charge in [0, 0.05) is 28.9 Å². The lowest BCUT2D eigenvalue weighted by molar-refractivity contribution is 0.141. The topological polar surface area (TPSA) is 64.3 Å². The largest absolute Gasteiger partial charge is 0.512 e. The normalized spacial score (nSPS) is 10.7.